The van der Waals surface area contributed by atoms with E-state index in [-0.39, 0.29) is 10.8 Å². The highest BCUT2D eigenvalue weighted by molar-refractivity contribution is 6.32. The lowest BCUT2D eigenvalue weighted by Crippen LogP contribution is -2.11. The van der Waals surface area contributed by atoms with Crippen LogP contribution in [0.5, 0.6) is 11.5 Å². The van der Waals surface area contributed by atoms with Crippen molar-refractivity contribution in [2.24, 2.45) is 5.73 Å². The molecule has 0 aliphatic heterocycles. The van der Waals surface area contributed by atoms with Crippen molar-refractivity contribution in [1.29, 1.82) is 0 Å². The lowest BCUT2D eigenvalue weighted by atomic mass is 10.0. The molecule has 0 aliphatic carbocycles. The van der Waals surface area contributed by atoms with Crippen LogP contribution < -0.4 is 10.5 Å². The molecule has 0 spiro atoms. The predicted molar refractivity (Wildman–Crippen MR) is 80.5 cm³/mol. The molecule has 0 unspecified atom stereocenters. The van der Waals surface area contributed by atoms with Gasteiger partial charge in [-0.05, 0) is 36.8 Å². The average molecular weight is 308 g/mol. The van der Waals surface area contributed by atoms with Crippen molar-refractivity contribution in [3.05, 3.63) is 58.4 Å². The van der Waals surface area contributed by atoms with Crippen molar-refractivity contribution >= 4 is 17.9 Å². The van der Waals surface area contributed by atoms with Crippen LogP contribution in [0.2, 0.25) is 5.02 Å². The molecule has 0 aromatic heterocycles. The predicted octanol–water partition coefficient (Wildman–Crippen LogP) is 4.49. The Hall–Kier alpha value is -1.91. The molecule has 0 radical (unpaired) electrons. The zero-order valence-corrected chi connectivity index (χ0v) is 12.2. The van der Waals surface area contributed by atoms with Crippen LogP contribution in [0, 0.1) is 5.82 Å². The second-order valence-electron chi connectivity index (χ2n) is 4.58. The molecule has 0 aliphatic rings. The summed E-state index contributed by atoms with van der Waals surface area (Å²) in [5.41, 5.74) is 6.74. The normalized spacial score (nSPS) is 12.0. The van der Waals surface area contributed by atoms with Gasteiger partial charge in [-0.3, -0.25) is 4.79 Å². The summed E-state index contributed by atoms with van der Waals surface area (Å²) in [6.07, 6.45) is 1.32. The first-order valence-electron chi connectivity index (χ1n) is 6.53. The van der Waals surface area contributed by atoms with Crippen molar-refractivity contribution in [3.8, 4) is 11.5 Å². The molecule has 0 heterocycles. The summed E-state index contributed by atoms with van der Waals surface area (Å²) in [5, 5.41) is 0.166. The molecule has 5 heteroatoms. The minimum atomic E-state index is -0.559. The maximum absolute atomic E-state index is 14.5. The van der Waals surface area contributed by atoms with E-state index >= 15 is 0 Å². The van der Waals surface area contributed by atoms with Gasteiger partial charge in [0.2, 0.25) is 0 Å². The van der Waals surface area contributed by atoms with Crippen molar-refractivity contribution < 1.29 is 13.9 Å². The fourth-order valence-corrected chi connectivity index (χ4v) is 2.06. The number of carbonyl (C=O) groups excluding carboxylic acids is 1. The van der Waals surface area contributed by atoms with Gasteiger partial charge < -0.3 is 10.5 Å². The van der Waals surface area contributed by atoms with E-state index in [0.29, 0.717) is 23.3 Å². The van der Waals surface area contributed by atoms with Crippen molar-refractivity contribution in [2.45, 2.75) is 19.4 Å². The first-order chi connectivity index (χ1) is 10.1. The van der Waals surface area contributed by atoms with Gasteiger partial charge in [-0.25, -0.2) is 4.39 Å². The Morgan fingerprint density at radius 2 is 1.95 bits per heavy atom. The van der Waals surface area contributed by atoms with Crippen LogP contribution >= 0.6 is 11.6 Å². The number of ether oxygens (including phenoxy) is 1. The van der Waals surface area contributed by atoms with Gasteiger partial charge in [0.25, 0.3) is 0 Å². The summed E-state index contributed by atoms with van der Waals surface area (Å²) in [7, 11) is 0. The second kappa shape index (κ2) is 6.70. The third-order valence-corrected chi connectivity index (χ3v) is 3.45. The molecule has 2 aromatic carbocycles. The Labute approximate surface area is 127 Å². The van der Waals surface area contributed by atoms with E-state index < -0.39 is 11.9 Å². The quantitative estimate of drug-likeness (QED) is 0.828. The Balaban J connectivity index is 2.36. The average Bonchev–Trinajstić information content (AvgIpc) is 2.51. The Morgan fingerprint density at radius 3 is 2.52 bits per heavy atom. The number of aldehydes is 1. The van der Waals surface area contributed by atoms with E-state index in [0.717, 1.165) is 6.29 Å². The molecule has 110 valence electrons. The number of hydrogen-bond donors (Lipinski definition) is 1. The summed E-state index contributed by atoms with van der Waals surface area (Å²) >= 11 is 6.00. The minimum absolute atomic E-state index is 0.0584. The smallest absolute Gasteiger partial charge is 0.181 e. The molecular weight excluding hydrogens is 293 g/mol. The molecule has 2 N–H and O–H groups in total. The van der Waals surface area contributed by atoms with Gasteiger partial charge in [-0.2, -0.15) is 0 Å². The first kappa shape index (κ1) is 15.5. The lowest BCUT2D eigenvalue weighted by molar-refractivity contribution is 0.112. The van der Waals surface area contributed by atoms with Gasteiger partial charge in [-0.15, -0.1) is 0 Å². The van der Waals surface area contributed by atoms with Gasteiger partial charge in [0.05, 0.1) is 5.02 Å². The molecule has 2 rings (SSSR count). The van der Waals surface area contributed by atoms with E-state index in [4.69, 9.17) is 22.1 Å². The zero-order valence-electron chi connectivity index (χ0n) is 11.5. The topological polar surface area (TPSA) is 52.3 Å². The summed E-state index contributed by atoms with van der Waals surface area (Å²) in [5.74, 6) is -0.225. The summed E-state index contributed by atoms with van der Waals surface area (Å²) in [6, 6.07) is 9.02. The van der Waals surface area contributed by atoms with E-state index in [1.165, 1.54) is 0 Å². The van der Waals surface area contributed by atoms with Crippen LogP contribution in [-0.4, -0.2) is 6.29 Å². The fraction of sp³-hybridized carbons (Fsp3) is 0.188. The van der Waals surface area contributed by atoms with Gasteiger partial charge in [0, 0.05) is 17.2 Å². The molecular formula is C16H15ClFNO2. The number of rotatable bonds is 5. The number of benzene rings is 2. The molecule has 0 saturated carbocycles. The number of hydrogen-bond acceptors (Lipinski definition) is 3. The summed E-state index contributed by atoms with van der Waals surface area (Å²) in [4.78, 5) is 10.6. The summed E-state index contributed by atoms with van der Waals surface area (Å²) in [6.45, 7) is 1.87. The molecule has 21 heavy (non-hydrogen) atoms. The number of nitrogens with two attached hydrogens (primary N) is 1. The Kier molecular flexibility index (Phi) is 4.94. The highest BCUT2D eigenvalue weighted by Crippen LogP contribution is 2.35. The van der Waals surface area contributed by atoms with Gasteiger partial charge in [-0.1, -0.05) is 24.6 Å². The molecule has 0 fully saturated rings. The van der Waals surface area contributed by atoms with E-state index in [1.807, 2.05) is 6.92 Å². The Bertz CT molecular complexity index is 643. The molecule has 1 atom stereocenters. The molecule has 0 saturated heterocycles. The van der Waals surface area contributed by atoms with Crippen molar-refractivity contribution in [2.75, 3.05) is 0 Å². The van der Waals surface area contributed by atoms with E-state index in [9.17, 15) is 9.18 Å². The van der Waals surface area contributed by atoms with Crippen molar-refractivity contribution in [1.82, 2.24) is 0 Å². The van der Waals surface area contributed by atoms with Crippen LogP contribution in [-0.2, 0) is 0 Å². The standard InChI is InChI=1S/C16H15ClFNO2/c1-2-14(19)12-7-8-13(17)16(15(12)18)21-11-5-3-10(9-20)4-6-11/h3-9,14H,2,19H2,1H3/t14-/m1/s1. The van der Waals surface area contributed by atoms with Gasteiger partial charge in [0.15, 0.2) is 11.6 Å². The lowest BCUT2D eigenvalue weighted by Gasteiger charge is -2.15. The van der Waals surface area contributed by atoms with Crippen LogP contribution in [0.15, 0.2) is 36.4 Å². The van der Waals surface area contributed by atoms with Crippen LogP contribution in [0.3, 0.4) is 0 Å². The third-order valence-electron chi connectivity index (χ3n) is 3.15. The maximum Gasteiger partial charge on any atom is 0.181 e. The van der Waals surface area contributed by atoms with Crippen LogP contribution in [0.25, 0.3) is 0 Å². The fourth-order valence-electron chi connectivity index (χ4n) is 1.88. The Morgan fingerprint density at radius 1 is 1.29 bits per heavy atom. The van der Waals surface area contributed by atoms with Crippen LogP contribution in [0.4, 0.5) is 4.39 Å². The number of carbonyl (C=O) groups is 1. The highest BCUT2D eigenvalue weighted by atomic mass is 35.5. The number of halogens is 2. The van der Waals surface area contributed by atoms with E-state index in [2.05, 4.69) is 0 Å². The van der Waals surface area contributed by atoms with E-state index in [1.54, 1.807) is 36.4 Å². The monoisotopic (exact) mass is 307 g/mol. The third kappa shape index (κ3) is 3.40. The minimum Gasteiger partial charge on any atom is -0.453 e. The van der Waals surface area contributed by atoms with Crippen molar-refractivity contribution in [3.63, 3.8) is 0 Å². The highest BCUT2D eigenvalue weighted by Gasteiger charge is 2.18. The molecule has 0 bridgehead atoms. The van der Waals surface area contributed by atoms with Gasteiger partial charge in [0.1, 0.15) is 12.0 Å². The maximum atomic E-state index is 14.5. The second-order valence-corrected chi connectivity index (χ2v) is 4.99. The molecule has 2 aromatic rings. The summed E-state index contributed by atoms with van der Waals surface area (Å²) < 4.78 is 20.0. The van der Waals surface area contributed by atoms with Gasteiger partial charge >= 0.3 is 0 Å². The SMILES string of the molecule is CC[C@@H](N)c1ccc(Cl)c(Oc2ccc(C=O)cc2)c1F. The van der Waals surface area contributed by atoms with Crippen LogP contribution in [0.1, 0.15) is 35.3 Å². The largest absolute Gasteiger partial charge is 0.453 e. The molecule has 3 nitrogen and oxygen atoms in total. The molecule has 0 amide bonds. The first-order valence-corrected chi connectivity index (χ1v) is 6.91. The zero-order chi connectivity index (χ0) is 15.4.